The normalized spacial score (nSPS) is 12.7. The average Bonchev–Trinajstić information content (AvgIpc) is 2.64. The summed E-state index contributed by atoms with van der Waals surface area (Å²) in [5, 5.41) is 4.00. The molecule has 1 aromatic heterocycles. The van der Waals surface area contributed by atoms with Gasteiger partial charge in [0.15, 0.2) is 0 Å². The molecule has 1 atom stereocenters. The SMILES string of the molecule is CNC(c1ccc(C)c(Cl)c1)c1cc(Cl)sc1Cl. The van der Waals surface area contributed by atoms with Crippen molar-refractivity contribution in [1.29, 1.82) is 0 Å². The van der Waals surface area contributed by atoms with E-state index in [9.17, 15) is 0 Å². The highest BCUT2D eigenvalue weighted by Crippen LogP contribution is 2.37. The lowest BCUT2D eigenvalue weighted by Gasteiger charge is -2.17. The molecule has 0 radical (unpaired) electrons. The molecule has 1 N–H and O–H groups in total. The van der Waals surface area contributed by atoms with Gasteiger partial charge >= 0.3 is 0 Å². The first kappa shape index (κ1) is 14.2. The molecule has 1 heterocycles. The Bertz CT molecular complexity index is 565. The Kier molecular flexibility index (Phi) is 4.57. The number of rotatable bonds is 3. The summed E-state index contributed by atoms with van der Waals surface area (Å²) in [6.45, 7) is 1.98. The fourth-order valence-electron chi connectivity index (χ4n) is 1.84. The summed E-state index contributed by atoms with van der Waals surface area (Å²) in [6.07, 6.45) is 0. The lowest BCUT2D eigenvalue weighted by Crippen LogP contribution is -2.17. The summed E-state index contributed by atoms with van der Waals surface area (Å²) in [5.74, 6) is 0. The van der Waals surface area contributed by atoms with Crippen molar-refractivity contribution in [3.63, 3.8) is 0 Å². The topological polar surface area (TPSA) is 12.0 Å². The molecule has 1 nitrogen and oxygen atoms in total. The van der Waals surface area contributed by atoms with Crippen molar-refractivity contribution in [1.82, 2.24) is 5.32 Å². The number of aryl methyl sites for hydroxylation is 1. The standard InChI is InChI=1S/C13H12Cl3NS/c1-7-3-4-8(5-10(7)14)12(17-2)9-6-11(15)18-13(9)16/h3-6,12,17H,1-2H3. The Morgan fingerprint density at radius 1 is 1.17 bits per heavy atom. The molecule has 0 spiro atoms. The van der Waals surface area contributed by atoms with Gasteiger partial charge in [0, 0.05) is 10.6 Å². The maximum absolute atomic E-state index is 6.20. The van der Waals surface area contributed by atoms with E-state index in [1.165, 1.54) is 11.3 Å². The van der Waals surface area contributed by atoms with Gasteiger partial charge in [0.1, 0.15) is 0 Å². The van der Waals surface area contributed by atoms with E-state index < -0.39 is 0 Å². The first-order valence-corrected chi connectivity index (χ1v) is 7.36. The van der Waals surface area contributed by atoms with Crippen LogP contribution < -0.4 is 5.32 Å². The zero-order valence-corrected chi connectivity index (χ0v) is 13.0. The van der Waals surface area contributed by atoms with E-state index in [1.807, 2.05) is 38.2 Å². The van der Waals surface area contributed by atoms with Crippen molar-refractivity contribution in [2.45, 2.75) is 13.0 Å². The molecular weight excluding hydrogens is 309 g/mol. The van der Waals surface area contributed by atoms with Gasteiger partial charge in [-0.25, -0.2) is 0 Å². The molecule has 18 heavy (non-hydrogen) atoms. The molecule has 0 aliphatic rings. The van der Waals surface area contributed by atoms with Crippen molar-refractivity contribution in [3.8, 4) is 0 Å². The first-order valence-electron chi connectivity index (χ1n) is 5.41. The summed E-state index contributed by atoms with van der Waals surface area (Å²) in [6, 6.07) is 7.90. The third-order valence-electron chi connectivity index (χ3n) is 2.81. The molecule has 96 valence electrons. The van der Waals surface area contributed by atoms with Crippen molar-refractivity contribution in [3.05, 3.63) is 54.7 Å². The van der Waals surface area contributed by atoms with Crippen LogP contribution in [0.5, 0.6) is 0 Å². The summed E-state index contributed by atoms with van der Waals surface area (Å²) < 4.78 is 1.39. The zero-order chi connectivity index (χ0) is 13.3. The van der Waals surface area contributed by atoms with Crippen molar-refractivity contribution in [2.75, 3.05) is 7.05 Å². The van der Waals surface area contributed by atoms with Crippen LogP contribution in [0.15, 0.2) is 24.3 Å². The lowest BCUT2D eigenvalue weighted by atomic mass is 10.0. The van der Waals surface area contributed by atoms with Gasteiger partial charge in [-0.2, -0.15) is 0 Å². The van der Waals surface area contributed by atoms with Crippen LogP contribution in [0.4, 0.5) is 0 Å². The Morgan fingerprint density at radius 2 is 1.89 bits per heavy atom. The van der Waals surface area contributed by atoms with Gasteiger partial charge in [0.2, 0.25) is 0 Å². The van der Waals surface area contributed by atoms with Crippen LogP contribution in [0, 0.1) is 6.92 Å². The molecule has 0 amide bonds. The van der Waals surface area contributed by atoms with Crippen LogP contribution in [0.1, 0.15) is 22.7 Å². The number of hydrogen-bond acceptors (Lipinski definition) is 2. The minimum absolute atomic E-state index is 0.000602. The minimum atomic E-state index is -0.000602. The molecule has 0 saturated heterocycles. The third-order valence-corrected chi connectivity index (χ3v) is 4.74. The van der Waals surface area contributed by atoms with Gasteiger partial charge < -0.3 is 5.32 Å². The molecule has 0 fully saturated rings. The number of hydrogen-bond donors (Lipinski definition) is 1. The highest BCUT2D eigenvalue weighted by atomic mass is 35.5. The second kappa shape index (κ2) is 5.81. The predicted molar refractivity (Wildman–Crippen MR) is 81.4 cm³/mol. The molecule has 1 aromatic carbocycles. The van der Waals surface area contributed by atoms with Gasteiger partial charge in [-0.3, -0.25) is 0 Å². The second-order valence-electron chi connectivity index (χ2n) is 4.01. The molecule has 1 unspecified atom stereocenters. The smallest absolute Gasteiger partial charge is 0.0995 e. The molecule has 5 heteroatoms. The van der Waals surface area contributed by atoms with Crippen molar-refractivity contribution in [2.24, 2.45) is 0 Å². The van der Waals surface area contributed by atoms with E-state index in [2.05, 4.69) is 5.32 Å². The molecule has 0 aliphatic heterocycles. The first-order chi connectivity index (χ1) is 8.52. The molecule has 2 rings (SSSR count). The highest BCUT2D eigenvalue weighted by molar-refractivity contribution is 7.20. The van der Waals surface area contributed by atoms with Crippen LogP contribution >= 0.6 is 46.1 Å². The average molecular weight is 321 g/mol. The van der Waals surface area contributed by atoms with Crippen LogP contribution in [-0.2, 0) is 0 Å². The summed E-state index contributed by atoms with van der Waals surface area (Å²) in [7, 11) is 1.89. The van der Waals surface area contributed by atoms with E-state index >= 15 is 0 Å². The van der Waals surface area contributed by atoms with E-state index in [4.69, 9.17) is 34.8 Å². The Morgan fingerprint density at radius 3 is 2.39 bits per heavy atom. The highest BCUT2D eigenvalue weighted by Gasteiger charge is 2.18. The molecule has 0 bridgehead atoms. The monoisotopic (exact) mass is 319 g/mol. The molecule has 0 saturated carbocycles. The maximum atomic E-state index is 6.20. The van der Waals surface area contributed by atoms with E-state index in [-0.39, 0.29) is 6.04 Å². The number of halogens is 3. The molecule has 0 aliphatic carbocycles. The summed E-state index contributed by atoms with van der Waals surface area (Å²) in [4.78, 5) is 0. The largest absolute Gasteiger partial charge is 0.309 e. The van der Waals surface area contributed by atoms with E-state index in [0.29, 0.717) is 8.67 Å². The number of thiophene rings is 1. The molecular formula is C13H12Cl3NS. The predicted octanol–water partition coefficient (Wildman–Crippen LogP) is 5.33. The summed E-state index contributed by atoms with van der Waals surface area (Å²) >= 11 is 19.7. The van der Waals surface area contributed by atoms with Gasteiger partial charge in [0.25, 0.3) is 0 Å². The van der Waals surface area contributed by atoms with Crippen molar-refractivity contribution < 1.29 is 0 Å². The van der Waals surface area contributed by atoms with Crippen LogP contribution in [-0.4, -0.2) is 7.05 Å². The van der Waals surface area contributed by atoms with Gasteiger partial charge in [0.05, 0.1) is 14.7 Å². The Hall–Kier alpha value is -0.250. The number of nitrogens with one attached hydrogen (secondary N) is 1. The van der Waals surface area contributed by atoms with Gasteiger partial charge in [-0.1, -0.05) is 46.9 Å². The Labute approximate surface area is 126 Å². The fourth-order valence-corrected chi connectivity index (χ4v) is 3.56. The molecule has 2 aromatic rings. The lowest BCUT2D eigenvalue weighted by molar-refractivity contribution is 0.694. The number of benzene rings is 1. The van der Waals surface area contributed by atoms with Gasteiger partial charge in [-0.15, -0.1) is 11.3 Å². The zero-order valence-electron chi connectivity index (χ0n) is 9.93. The minimum Gasteiger partial charge on any atom is -0.309 e. The van der Waals surface area contributed by atoms with Crippen LogP contribution in [0.2, 0.25) is 13.7 Å². The third kappa shape index (κ3) is 2.84. The maximum Gasteiger partial charge on any atom is 0.0995 e. The fraction of sp³-hybridized carbons (Fsp3) is 0.231. The summed E-state index contributed by atoms with van der Waals surface area (Å²) in [5.41, 5.74) is 3.11. The van der Waals surface area contributed by atoms with Crippen molar-refractivity contribution >= 4 is 46.1 Å². The van der Waals surface area contributed by atoms with Gasteiger partial charge in [-0.05, 0) is 37.2 Å². The van der Waals surface area contributed by atoms with E-state index in [1.54, 1.807) is 0 Å². The van der Waals surface area contributed by atoms with Crippen LogP contribution in [0.25, 0.3) is 0 Å². The second-order valence-corrected chi connectivity index (χ2v) is 6.70. The van der Waals surface area contributed by atoms with E-state index in [0.717, 1.165) is 21.7 Å². The quantitative estimate of drug-likeness (QED) is 0.806. The van der Waals surface area contributed by atoms with Crippen LogP contribution in [0.3, 0.4) is 0 Å². The Balaban J connectivity index is 2.45.